The normalized spacial score (nSPS) is 14.7. The summed E-state index contributed by atoms with van der Waals surface area (Å²) in [5.41, 5.74) is 5.93. The fourth-order valence-electron chi connectivity index (χ4n) is 2.57. The summed E-state index contributed by atoms with van der Waals surface area (Å²) in [4.78, 5) is 35.3. The van der Waals surface area contributed by atoms with E-state index in [1.807, 2.05) is 0 Å². The van der Waals surface area contributed by atoms with Crippen molar-refractivity contribution < 1.29 is 19.5 Å². The molecule has 2 aromatic rings. The third-order valence-corrected chi connectivity index (χ3v) is 4.06. The van der Waals surface area contributed by atoms with Crippen LogP contribution in [0.4, 0.5) is 0 Å². The number of amides is 2. The first kappa shape index (κ1) is 16.7. The molecule has 1 fully saturated rings. The van der Waals surface area contributed by atoms with Crippen LogP contribution in [0.3, 0.4) is 0 Å². The Hall–Kier alpha value is -3.16. The first-order chi connectivity index (χ1) is 12.0. The molecule has 130 valence electrons. The molecule has 0 bridgehead atoms. The molecule has 1 saturated carbocycles. The Morgan fingerprint density at radius 2 is 1.96 bits per heavy atom. The van der Waals surface area contributed by atoms with Crippen LogP contribution in [0.5, 0.6) is 0 Å². The third-order valence-electron chi connectivity index (χ3n) is 4.06. The highest BCUT2D eigenvalue weighted by Gasteiger charge is 2.31. The number of carboxylic acid groups (broad SMARTS) is 1. The fraction of sp³-hybridized carbons (Fsp3) is 0.294. The van der Waals surface area contributed by atoms with Crippen molar-refractivity contribution in [3.63, 3.8) is 0 Å². The van der Waals surface area contributed by atoms with Crippen molar-refractivity contribution in [2.24, 2.45) is 11.7 Å². The van der Waals surface area contributed by atoms with E-state index < -0.39 is 23.8 Å². The molecule has 25 heavy (non-hydrogen) atoms. The molecule has 8 nitrogen and oxygen atoms in total. The highest BCUT2D eigenvalue weighted by molar-refractivity contribution is 5.99. The van der Waals surface area contributed by atoms with Crippen molar-refractivity contribution in [2.75, 3.05) is 0 Å². The van der Waals surface area contributed by atoms with Gasteiger partial charge in [-0.2, -0.15) is 5.10 Å². The Labute approximate surface area is 143 Å². The molecule has 0 saturated heterocycles. The molecule has 1 aromatic heterocycles. The van der Waals surface area contributed by atoms with Crippen LogP contribution in [-0.2, 0) is 4.79 Å². The van der Waals surface area contributed by atoms with Gasteiger partial charge in [0.2, 0.25) is 0 Å². The number of hydrogen-bond donors (Lipinski definition) is 3. The second-order valence-corrected chi connectivity index (χ2v) is 6.07. The minimum Gasteiger partial charge on any atom is -0.480 e. The number of aromatic nitrogens is 2. The fourth-order valence-corrected chi connectivity index (χ4v) is 2.57. The predicted octanol–water partition coefficient (Wildman–Crippen LogP) is 0.954. The molecule has 1 atom stereocenters. The number of carbonyl (C=O) groups is 3. The minimum atomic E-state index is -1.09. The maximum Gasteiger partial charge on any atom is 0.326 e. The molecule has 1 aliphatic carbocycles. The largest absolute Gasteiger partial charge is 0.480 e. The van der Waals surface area contributed by atoms with Crippen molar-refractivity contribution in [3.05, 3.63) is 47.8 Å². The van der Waals surface area contributed by atoms with Crippen LogP contribution in [0.15, 0.2) is 36.4 Å². The number of nitrogens with one attached hydrogen (secondary N) is 1. The summed E-state index contributed by atoms with van der Waals surface area (Å²) in [5, 5.41) is 15.8. The van der Waals surface area contributed by atoms with Crippen LogP contribution in [0.25, 0.3) is 5.69 Å². The number of nitrogens with zero attached hydrogens (tertiary/aromatic N) is 2. The number of benzene rings is 1. The van der Waals surface area contributed by atoms with E-state index in [1.165, 1.54) is 10.7 Å². The highest BCUT2D eigenvalue weighted by atomic mass is 16.4. The molecule has 1 aliphatic rings. The number of carboxylic acids is 1. The molecule has 2 amide bonds. The number of hydrogen-bond acceptors (Lipinski definition) is 4. The molecule has 8 heteroatoms. The molecule has 1 aromatic carbocycles. The van der Waals surface area contributed by atoms with Gasteiger partial charge in [-0.05, 0) is 24.5 Å². The van der Waals surface area contributed by atoms with Gasteiger partial charge in [0.1, 0.15) is 11.7 Å². The number of nitrogens with two attached hydrogens (primary N) is 1. The minimum absolute atomic E-state index is 0.0467. The Kier molecular flexibility index (Phi) is 4.51. The van der Waals surface area contributed by atoms with E-state index in [1.54, 1.807) is 30.3 Å². The monoisotopic (exact) mass is 342 g/mol. The maximum atomic E-state index is 12.4. The van der Waals surface area contributed by atoms with Crippen LogP contribution in [0.2, 0.25) is 0 Å². The third kappa shape index (κ3) is 3.85. The molecular formula is C17H18N4O4. The number of para-hydroxylation sites is 1. The summed E-state index contributed by atoms with van der Waals surface area (Å²) in [6.07, 6.45) is 2.35. The van der Waals surface area contributed by atoms with Crippen LogP contribution in [0.1, 0.15) is 40.2 Å². The second kappa shape index (κ2) is 6.76. The van der Waals surface area contributed by atoms with E-state index in [0.717, 1.165) is 12.8 Å². The van der Waals surface area contributed by atoms with E-state index in [2.05, 4.69) is 10.4 Å². The van der Waals surface area contributed by atoms with Gasteiger partial charge in [-0.1, -0.05) is 31.0 Å². The van der Waals surface area contributed by atoms with Gasteiger partial charge < -0.3 is 16.2 Å². The Morgan fingerprint density at radius 1 is 1.28 bits per heavy atom. The van der Waals surface area contributed by atoms with Gasteiger partial charge in [0.15, 0.2) is 5.69 Å². The second-order valence-electron chi connectivity index (χ2n) is 6.07. The topological polar surface area (TPSA) is 127 Å². The first-order valence-corrected chi connectivity index (χ1v) is 7.94. The van der Waals surface area contributed by atoms with Crippen molar-refractivity contribution in [1.82, 2.24) is 15.1 Å². The van der Waals surface area contributed by atoms with Crippen LogP contribution < -0.4 is 11.1 Å². The number of rotatable bonds is 7. The summed E-state index contributed by atoms with van der Waals surface area (Å²) in [6, 6.07) is 9.05. The lowest BCUT2D eigenvalue weighted by molar-refractivity contribution is -0.139. The van der Waals surface area contributed by atoms with Crippen molar-refractivity contribution >= 4 is 17.8 Å². The average molecular weight is 342 g/mol. The van der Waals surface area contributed by atoms with Gasteiger partial charge >= 0.3 is 5.97 Å². The van der Waals surface area contributed by atoms with Crippen molar-refractivity contribution in [1.29, 1.82) is 0 Å². The summed E-state index contributed by atoms with van der Waals surface area (Å²) in [7, 11) is 0. The first-order valence-electron chi connectivity index (χ1n) is 7.94. The number of primary amides is 1. The molecule has 4 N–H and O–H groups in total. The van der Waals surface area contributed by atoms with E-state index in [0.29, 0.717) is 18.0 Å². The SMILES string of the molecule is NC(=O)c1cc(C(=O)NC(CC2CC2)C(=O)O)nn1-c1ccccc1. The molecule has 0 aliphatic heterocycles. The Morgan fingerprint density at radius 3 is 2.52 bits per heavy atom. The predicted molar refractivity (Wildman–Crippen MR) is 88.3 cm³/mol. The molecule has 0 spiro atoms. The average Bonchev–Trinajstić information content (AvgIpc) is 3.28. The van der Waals surface area contributed by atoms with E-state index in [9.17, 15) is 19.5 Å². The standard InChI is InChI=1S/C17H18N4O4/c18-15(22)14-9-12(20-21(14)11-4-2-1-3-5-11)16(23)19-13(17(24)25)8-10-6-7-10/h1-5,9-10,13H,6-8H2,(H2,18,22)(H,19,23)(H,24,25). The quantitative estimate of drug-likeness (QED) is 0.690. The molecule has 0 radical (unpaired) electrons. The molecule has 1 heterocycles. The highest BCUT2D eigenvalue weighted by Crippen LogP contribution is 2.33. The zero-order valence-electron chi connectivity index (χ0n) is 13.4. The smallest absolute Gasteiger partial charge is 0.326 e. The van der Waals surface area contributed by atoms with E-state index in [-0.39, 0.29) is 11.4 Å². The van der Waals surface area contributed by atoms with Crippen molar-refractivity contribution in [2.45, 2.75) is 25.3 Å². The summed E-state index contributed by atoms with van der Waals surface area (Å²) in [5.74, 6) is -2.13. The van der Waals surface area contributed by atoms with Crippen LogP contribution in [0, 0.1) is 5.92 Å². The molecule has 3 rings (SSSR count). The van der Waals surface area contributed by atoms with Crippen LogP contribution >= 0.6 is 0 Å². The molecule has 1 unspecified atom stereocenters. The zero-order chi connectivity index (χ0) is 18.0. The van der Waals surface area contributed by atoms with Crippen molar-refractivity contribution in [3.8, 4) is 5.69 Å². The number of aliphatic carboxylic acids is 1. The van der Waals surface area contributed by atoms with Gasteiger partial charge in [0, 0.05) is 6.07 Å². The lowest BCUT2D eigenvalue weighted by Crippen LogP contribution is -2.41. The number of carbonyl (C=O) groups excluding carboxylic acids is 2. The van der Waals surface area contributed by atoms with Gasteiger partial charge in [-0.15, -0.1) is 0 Å². The zero-order valence-corrected chi connectivity index (χ0v) is 13.4. The summed E-state index contributed by atoms with van der Waals surface area (Å²) < 4.78 is 1.27. The lowest BCUT2D eigenvalue weighted by atomic mass is 10.1. The summed E-state index contributed by atoms with van der Waals surface area (Å²) in [6.45, 7) is 0. The molecular weight excluding hydrogens is 324 g/mol. The van der Waals surface area contributed by atoms with Gasteiger partial charge in [0.25, 0.3) is 11.8 Å². The van der Waals surface area contributed by atoms with Gasteiger partial charge in [-0.25, -0.2) is 9.48 Å². The Balaban J connectivity index is 1.85. The Bertz CT molecular complexity index is 811. The van der Waals surface area contributed by atoms with Gasteiger partial charge in [-0.3, -0.25) is 9.59 Å². The van der Waals surface area contributed by atoms with E-state index in [4.69, 9.17) is 5.73 Å². The lowest BCUT2D eigenvalue weighted by Gasteiger charge is -2.12. The summed E-state index contributed by atoms with van der Waals surface area (Å²) >= 11 is 0. The van der Waals surface area contributed by atoms with E-state index >= 15 is 0 Å². The van der Waals surface area contributed by atoms with Gasteiger partial charge in [0.05, 0.1) is 5.69 Å². The maximum absolute atomic E-state index is 12.4. The van der Waals surface area contributed by atoms with Crippen LogP contribution in [-0.4, -0.2) is 38.7 Å².